The van der Waals surface area contributed by atoms with E-state index in [1.807, 2.05) is 0 Å². The average molecular weight is 321 g/mol. The monoisotopic (exact) mass is 321 g/mol. The Morgan fingerprint density at radius 2 is 1.87 bits per heavy atom. The van der Waals surface area contributed by atoms with E-state index in [-0.39, 0.29) is 11.6 Å². The van der Waals surface area contributed by atoms with Crippen LogP contribution in [0.3, 0.4) is 0 Å². The SMILES string of the molecule is Cc1nc(C(=O)N2CCN(c3cccc(F)c3F)CC2)c(C)o1. The summed E-state index contributed by atoms with van der Waals surface area (Å²) in [4.78, 5) is 19.9. The fraction of sp³-hybridized carbons (Fsp3) is 0.375. The van der Waals surface area contributed by atoms with Gasteiger partial charge in [0.2, 0.25) is 0 Å². The van der Waals surface area contributed by atoms with E-state index in [0.29, 0.717) is 43.5 Å². The molecular weight excluding hydrogens is 304 g/mol. The number of aromatic nitrogens is 1. The first-order valence-electron chi connectivity index (χ1n) is 7.39. The van der Waals surface area contributed by atoms with Crippen molar-refractivity contribution in [3.63, 3.8) is 0 Å². The van der Waals surface area contributed by atoms with E-state index < -0.39 is 11.6 Å². The van der Waals surface area contributed by atoms with Gasteiger partial charge >= 0.3 is 0 Å². The van der Waals surface area contributed by atoms with Crippen molar-refractivity contribution in [2.75, 3.05) is 31.1 Å². The average Bonchev–Trinajstić information content (AvgIpc) is 2.88. The van der Waals surface area contributed by atoms with Crippen molar-refractivity contribution in [2.45, 2.75) is 13.8 Å². The topological polar surface area (TPSA) is 49.6 Å². The number of aryl methyl sites for hydroxylation is 2. The third-order valence-corrected chi connectivity index (χ3v) is 3.94. The summed E-state index contributed by atoms with van der Waals surface area (Å²) in [5.74, 6) is -0.971. The summed E-state index contributed by atoms with van der Waals surface area (Å²) in [5, 5.41) is 0. The number of benzene rings is 1. The Hall–Kier alpha value is -2.44. The molecule has 1 saturated heterocycles. The summed E-state index contributed by atoms with van der Waals surface area (Å²) in [6, 6.07) is 4.11. The van der Waals surface area contributed by atoms with Crippen LogP contribution in [0.5, 0.6) is 0 Å². The van der Waals surface area contributed by atoms with Gasteiger partial charge in [-0.3, -0.25) is 4.79 Å². The normalized spacial score (nSPS) is 15.1. The van der Waals surface area contributed by atoms with Gasteiger partial charge in [0.05, 0.1) is 5.69 Å². The third-order valence-electron chi connectivity index (χ3n) is 3.94. The summed E-state index contributed by atoms with van der Waals surface area (Å²) in [6.07, 6.45) is 0. The Bertz CT molecular complexity index is 737. The molecule has 0 N–H and O–H groups in total. The second-order valence-corrected chi connectivity index (χ2v) is 5.49. The van der Waals surface area contributed by atoms with Gasteiger partial charge in [-0.05, 0) is 19.1 Å². The molecule has 3 rings (SSSR count). The number of halogens is 2. The van der Waals surface area contributed by atoms with E-state index >= 15 is 0 Å². The molecule has 0 saturated carbocycles. The first-order valence-corrected chi connectivity index (χ1v) is 7.39. The zero-order valence-corrected chi connectivity index (χ0v) is 13.0. The predicted molar refractivity (Wildman–Crippen MR) is 80.5 cm³/mol. The smallest absolute Gasteiger partial charge is 0.276 e. The Kier molecular flexibility index (Phi) is 4.02. The van der Waals surface area contributed by atoms with E-state index in [1.54, 1.807) is 29.7 Å². The van der Waals surface area contributed by atoms with Crippen LogP contribution in [0.4, 0.5) is 14.5 Å². The van der Waals surface area contributed by atoms with Crippen molar-refractivity contribution in [2.24, 2.45) is 0 Å². The largest absolute Gasteiger partial charge is 0.445 e. The number of nitrogens with zero attached hydrogens (tertiary/aromatic N) is 3. The summed E-state index contributed by atoms with van der Waals surface area (Å²) in [6.45, 7) is 5.09. The summed E-state index contributed by atoms with van der Waals surface area (Å²) in [5.41, 5.74) is 0.540. The van der Waals surface area contributed by atoms with Gasteiger partial charge in [0.1, 0.15) is 5.76 Å². The van der Waals surface area contributed by atoms with Crippen LogP contribution in [0.2, 0.25) is 0 Å². The van der Waals surface area contributed by atoms with Crippen LogP contribution >= 0.6 is 0 Å². The van der Waals surface area contributed by atoms with Crippen LogP contribution in [-0.4, -0.2) is 42.0 Å². The van der Waals surface area contributed by atoms with Gasteiger partial charge in [-0.2, -0.15) is 0 Å². The maximum atomic E-state index is 13.8. The molecule has 5 nitrogen and oxygen atoms in total. The highest BCUT2D eigenvalue weighted by molar-refractivity contribution is 5.93. The first-order chi connectivity index (χ1) is 11.0. The highest BCUT2D eigenvalue weighted by atomic mass is 19.2. The highest BCUT2D eigenvalue weighted by Gasteiger charge is 2.27. The van der Waals surface area contributed by atoms with Gasteiger partial charge in [0.25, 0.3) is 5.91 Å². The van der Waals surface area contributed by atoms with Gasteiger partial charge in [-0.25, -0.2) is 13.8 Å². The van der Waals surface area contributed by atoms with Crippen molar-refractivity contribution >= 4 is 11.6 Å². The lowest BCUT2D eigenvalue weighted by Crippen LogP contribution is -2.49. The molecule has 23 heavy (non-hydrogen) atoms. The summed E-state index contributed by atoms with van der Waals surface area (Å²) >= 11 is 0. The molecule has 0 unspecified atom stereocenters. The Morgan fingerprint density at radius 1 is 1.17 bits per heavy atom. The van der Waals surface area contributed by atoms with Crippen molar-refractivity contribution < 1.29 is 18.0 Å². The van der Waals surface area contributed by atoms with Gasteiger partial charge in [-0.15, -0.1) is 0 Å². The second kappa shape index (κ2) is 5.98. The lowest BCUT2D eigenvalue weighted by molar-refractivity contribution is 0.0739. The van der Waals surface area contributed by atoms with E-state index in [1.165, 1.54) is 6.07 Å². The number of amides is 1. The molecule has 1 fully saturated rings. The molecule has 1 aliphatic rings. The fourth-order valence-corrected chi connectivity index (χ4v) is 2.76. The third kappa shape index (κ3) is 2.91. The standard InChI is InChI=1S/C16H17F2N3O2/c1-10-15(19-11(2)23-10)16(22)21-8-6-20(7-9-21)13-5-3-4-12(17)14(13)18/h3-5H,6-9H2,1-2H3. The number of carbonyl (C=O) groups excluding carboxylic acids is 1. The minimum Gasteiger partial charge on any atom is -0.445 e. The zero-order valence-electron chi connectivity index (χ0n) is 13.0. The second-order valence-electron chi connectivity index (χ2n) is 5.49. The molecule has 122 valence electrons. The Labute approximate surface area is 132 Å². The van der Waals surface area contributed by atoms with Crippen LogP contribution in [0.25, 0.3) is 0 Å². The molecule has 2 aromatic rings. The maximum absolute atomic E-state index is 13.8. The number of oxazole rings is 1. The van der Waals surface area contributed by atoms with Crippen LogP contribution in [0.15, 0.2) is 22.6 Å². The predicted octanol–water partition coefficient (Wildman–Crippen LogP) is 2.53. The van der Waals surface area contributed by atoms with Crippen molar-refractivity contribution in [1.82, 2.24) is 9.88 Å². The van der Waals surface area contributed by atoms with E-state index in [9.17, 15) is 13.6 Å². The lowest BCUT2D eigenvalue weighted by Gasteiger charge is -2.36. The Morgan fingerprint density at radius 3 is 2.48 bits per heavy atom. The van der Waals surface area contributed by atoms with Crippen LogP contribution in [-0.2, 0) is 0 Å². The number of rotatable bonds is 2. The molecule has 7 heteroatoms. The molecule has 2 heterocycles. The van der Waals surface area contributed by atoms with Gasteiger partial charge in [0.15, 0.2) is 23.2 Å². The van der Waals surface area contributed by atoms with E-state index in [4.69, 9.17) is 4.42 Å². The molecule has 0 atom stereocenters. The lowest BCUT2D eigenvalue weighted by atomic mass is 10.2. The van der Waals surface area contributed by atoms with Crippen molar-refractivity contribution in [3.8, 4) is 0 Å². The van der Waals surface area contributed by atoms with E-state index in [2.05, 4.69) is 4.98 Å². The fourth-order valence-electron chi connectivity index (χ4n) is 2.76. The highest BCUT2D eigenvalue weighted by Crippen LogP contribution is 2.23. The molecule has 0 spiro atoms. The maximum Gasteiger partial charge on any atom is 0.276 e. The Balaban J connectivity index is 1.70. The van der Waals surface area contributed by atoms with Crippen LogP contribution in [0.1, 0.15) is 22.1 Å². The minimum absolute atomic E-state index is 0.196. The number of hydrogen-bond acceptors (Lipinski definition) is 4. The summed E-state index contributed by atoms with van der Waals surface area (Å²) in [7, 11) is 0. The molecule has 1 aromatic carbocycles. The zero-order chi connectivity index (χ0) is 16.6. The number of piperazine rings is 1. The van der Waals surface area contributed by atoms with Gasteiger partial charge in [0, 0.05) is 33.1 Å². The first kappa shape index (κ1) is 15.5. The molecule has 1 aromatic heterocycles. The number of hydrogen-bond donors (Lipinski definition) is 0. The molecule has 1 amide bonds. The number of carbonyl (C=O) groups is 1. The van der Waals surface area contributed by atoms with Gasteiger partial charge < -0.3 is 14.2 Å². The van der Waals surface area contributed by atoms with Gasteiger partial charge in [-0.1, -0.05) is 6.07 Å². The molecule has 0 bridgehead atoms. The molecular formula is C16H17F2N3O2. The van der Waals surface area contributed by atoms with Crippen LogP contribution in [0, 0.1) is 25.5 Å². The van der Waals surface area contributed by atoms with Crippen molar-refractivity contribution in [1.29, 1.82) is 0 Å². The molecule has 0 radical (unpaired) electrons. The summed E-state index contributed by atoms with van der Waals surface area (Å²) < 4.78 is 32.5. The number of anilines is 1. The van der Waals surface area contributed by atoms with E-state index in [0.717, 1.165) is 6.07 Å². The molecule has 0 aliphatic carbocycles. The minimum atomic E-state index is -0.866. The van der Waals surface area contributed by atoms with Crippen LogP contribution < -0.4 is 4.90 Å². The van der Waals surface area contributed by atoms with Crippen molar-refractivity contribution in [3.05, 3.63) is 47.2 Å². The molecule has 1 aliphatic heterocycles. The quantitative estimate of drug-likeness (QED) is 0.853.